The van der Waals surface area contributed by atoms with Gasteiger partial charge in [-0.2, -0.15) is 13.2 Å². The van der Waals surface area contributed by atoms with Crippen LogP contribution in [-0.4, -0.2) is 75.9 Å². The number of ether oxygens (including phenoxy) is 2. The maximum absolute atomic E-state index is 12.2. The fourth-order valence-corrected chi connectivity index (χ4v) is 3.35. The lowest BCUT2D eigenvalue weighted by Crippen LogP contribution is -2.52. The van der Waals surface area contributed by atoms with Gasteiger partial charge in [0, 0.05) is 58.3 Å². The lowest BCUT2D eigenvalue weighted by Gasteiger charge is -2.36. The second-order valence-corrected chi connectivity index (χ2v) is 6.99. The molecule has 0 aliphatic carbocycles. The molecule has 1 aliphatic rings. The van der Waals surface area contributed by atoms with Crippen LogP contribution in [0.3, 0.4) is 0 Å². The monoisotopic (exact) mass is 544 g/mol. The van der Waals surface area contributed by atoms with E-state index in [0.717, 1.165) is 55.7 Å². The number of piperazine rings is 1. The summed E-state index contributed by atoms with van der Waals surface area (Å²) in [6.45, 7) is 4.56. The Morgan fingerprint density at radius 3 is 2.37 bits per heavy atom. The first-order valence-corrected chi connectivity index (χ1v) is 9.82. The van der Waals surface area contributed by atoms with Crippen molar-refractivity contribution >= 4 is 29.9 Å². The van der Waals surface area contributed by atoms with E-state index in [2.05, 4.69) is 20.1 Å². The summed E-state index contributed by atoms with van der Waals surface area (Å²) in [4.78, 5) is 8.75. The predicted octanol–water partition coefficient (Wildman–Crippen LogP) is 3.75. The van der Waals surface area contributed by atoms with E-state index in [4.69, 9.17) is 9.47 Å². The number of unbranched alkanes of at least 4 members (excludes halogenated alkanes) is 1. The fraction of sp³-hybridized carbons (Fsp3) is 0.650. The third-order valence-electron chi connectivity index (χ3n) is 4.94. The molecule has 1 N–H and O–H groups in total. The number of aliphatic imine (C=N–C) groups is 1. The van der Waals surface area contributed by atoms with Crippen LogP contribution in [0.2, 0.25) is 0 Å². The molecule has 2 rings (SSSR count). The van der Waals surface area contributed by atoms with Gasteiger partial charge in [-0.3, -0.25) is 9.89 Å². The van der Waals surface area contributed by atoms with Gasteiger partial charge in [0.1, 0.15) is 11.5 Å². The summed E-state index contributed by atoms with van der Waals surface area (Å²) >= 11 is 0. The minimum atomic E-state index is -4.08. The van der Waals surface area contributed by atoms with Crippen LogP contribution in [0.4, 0.5) is 13.2 Å². The van der Waals surface area contributed by atoms with Gasteiger partial charge in [0.05, 0.1) is 14.2 Å². The van der Waals surface area contributed by atoms with Gasteiger partial charge >= 0.3 is 6.18 Å². The Hall–Kier alpha value is -1.43. The number of nitrogens with one attached hydrogen (secondary N) is 1. The van der Waals surface area contributed by atoms with Crippen LogP contribution in [-0.2, 0) is 6.54 Å². The van der Waals surface area contributed by atoms with Crippen molar-refractivity contribution in [2.45, 2.75) is 32.0 Å². The zero-order valence-corrected chi connectivity index (χ0v) is 20.1. The first-order chi connectivity index (χ1) is 13.9. The maximum Gasteiger partial charge on any atom is 0.389 e. The summed E-state index contributed by atoms with van der Waals surface area (Å²) in [5.41, 5.74) is 1.08. The zero-order chi connectivity index (χ0) is 21.3. The zero-order valence-electron chi connectivity index (χ0n) is 17.8. The van der Waals surface area contributed by atoms with Crippen molar-refractivity contribution in [3.8, 4) is 11.5 Å². The lowest BCUT2D eigenvalue weighted by molar-refractivity contribution is -0.135. The Kier molecular flexibility index (Phi) is 11.6. The van der Waals surface area contributed by atoms with E-state index in [1.165, 1.54) is 0 Å². The minimum absolute atomic E-state index is 0. The van der Waals surface area contributed by atoms with Crippen molar-refractivity contribution in [3.63, 3.8) is 0 Å². The molecule has 1 saturated heterocycles. The van der Waals surface area contributed by atoms with Crippen molar-refractivity contribution in [2.75, 3.05) is 54.0 Å². The van der Waals surface area contributed by atoms with Gasteiger partial charge in [-0.1, -0.05) is 0 Å². The average Bonchev–Trinajstić information content (AvgIpc) is 2.70. The molecule has 6 nitrogen and oxygen atoms in total. The number of nitrogens with zero attached hydrogens (tertiary/aromatic N) is 3. The SMILES string of the molecule is CN=C(NCCCCC(F)(F)F)N1CCN(Cc2cc(OC)ccc2OC)CC1.I. The smallest absolute Gasteiger partial charge is 0.389 e. The van der Waals surface area contributed by atoms with Gasteiger partial charge in [-0.15, -0.1) is 24.0 Å². The molecule has 0 atom stereocenters. The summed E-state index contributed by atoms with van der Waals surface area (Å²) in [7, 11) is 5.01. The van der Waals surface area contributed by atoms with E-state index in [1.807, 2.05) is 18.2 Å². The number of alkyl halides is 3. The molecule has 0 unspecified atom stereocenters. The largest absolute Gasteiger partial charge is 0.497 e. The molecule has 1 aromatic rings. The first kappa shape index (κ1) is 26.6. The van der Waals surface area contributed by atoms with Crippen LogP contribution in [0, 0.1) is 0 Å². The molecular formula is C20H32F3IN4O2. The van der Waals surface area contributed by atoms with Crippen molar-refractivity contribution in [2.24, 2.45) is 4.99 Å². The summed E-state index contributed by atoms with van der Waals surface area (Å²) in [5.74, 6) is 2.38. The molecule has 0 amide bonds. The Bertz CT molecular complexity index is 666. The number of hydrogen-bond donors (Lipinski definition) is 1. The molecule has 0 spiro atoms. The maximum atomic E-state index is 12.2. The molecule has 1 fully saturated rings. The summed E-state index contributed by atoms with van der Waals surface area (Å²) < 4.78 is 47.4. The second-order valence-electron chi connectivity index (χ2n) is 6.99. The lowest BCUT2D eigenvalue weighted by atomic mass is 10.1. The number of hydrogen-bond acceptors (Lipinski definition) is 4. The highest BCUT2D eigenvalue weighted by Gasteiger charge is 2.26. The van der Waals surface area contributed by atoms with Crippen LogP contribution in [0.15, 0.2) is 23.2 Å². The normalized spacial score (nSPS) is 15.5. The highest BCUT2D eigenvalue weighted by molar-refractivity contribution is 14.0. The summed E-state index contributed by atoms with van der Waals surface area (Å²) in [6.07, 6.45) is -4.22. The van der Waals surface area contributed by atoms with Gasteiger partial charge < -0.3 is 19.7 Å². The molecular weight excluding hydrogens is 512 g/mol. The van der Waals surface area contributed by atoms with Gasteiger partial charge in [-0.05, 0) is 31.0 Å². The minimum Gasteiger partial charge on any atom is -0.497 e. The van der Waals surface area contributed by atoms with Crippen molar-refractivity contribution < 1.29 is 22.6 Å². The number of halogens is 4. The highest BCUT2D eigenvalue weighted by atomic mass is 127. The van der Waals surface area contributed by atoms with E-state index in [0.29, 0.717) is 13.0 Å². The molecule has 1 aliphatic heterocycles. The fourth-order valence-electron chi connectivity index (χ4n) is 3.35. The van der Waals surface area contributed by atoms with E-state index in [1.54, 1.807) is 21.3 Å². The Balaban J connectivity index is 0.00000450. The number of rotatable bonds is 8. The topological polar surface area (TPSA) is 49.3 Å². The predicted molar refractivity (Wildman–Crippen MR) is 123 cm³/mol. The Labute approximate surface area is 193 Å². The van der Waals surface area contributed by atoms with Gasteiger partial charge in [0.25, 0.3) is 0 Å². The van der Waals surface area contributed by atoms with Crippen LogP contribution >= 0.6 is 24.0 Å². The average molecular weight is 544 g/mol. The van der Waals surface area contributed by atoms with Gasteiger partial charge in [0.15, 0.2) is 5.96 Å². The molecule has 0 saturated carbocycles. The van der Waals surface area contributed by atoms with Crippen molar-refractivity contribution in [1.82, 2.24) is 15.1 Å². The molecule has 30 heavy (non-hydrogen) atoms. The Morgan fingerprint density at radius 1 is 1.10 bits per heavy atom. The third-order valence-corrected chi connectivity index (χ3v) is 4.94. The van der Waals surface area contributed by atoms with E-state index in [-0.39, 0.29) is 30.4 Å². The number of benzene rings is 1. The van der Waals surface area contributed by atoms with Crippen molar-refractivity contribution in [3.05, 3.63) is 23.8 Å². The molecule has 0 aromatic heterocycles. The van der Waals surface area contributed by atoms with Crippen LogP contribution in [0.25, 0.3) is 0 Å². The number of guanidine groups is 1. The first-order valence-electron chi connectivity index (χ1n) is 9.82. The Morgan fingerprint density at radius 2 is 1.80 bits per heavy atom. The number of methoxy groups -OCH3 is 2. The van der Waals surface area contributed by atoms with E-state index in [9.17, 15) is 13.2 Å². The highest BCUT2D eigenvalue weighted by Crippen LogP contribution is 2.25. The summed E-state index contributed by atoms with van der Waals surface area (Å²) in [5, 5.41) is 3.18. The van der Waals surface area contributed by atoms with E-state index < -0.39 is 12.6 Å². The summed E-state index contributed by atoms with van der Waals surface area (Å²) in [6, 6.07) is 5.78. The third kappa shape index (κ3) is 8.75. The molecule has 10 heteroatoms. The second kappa shape index (κ2) is 13.1. The van der Waals surface area contributed by atoms with Crippen LogP contribution in [0.1, 0.15) is 24.8 Å². The quantitative estimate of drug-likeness (QED) is 0.234. The van der Waals surface area contributed by atoms with E-state index >= 15 is 0 Å². The van der Waals surface area contributed by atoms with Crippen molar-refractivity contribution in [1.29, 1.82) is 0 Å². The van der Waals surface area contributed by atoms with Gasteiger partial charge in [0.2, 0.25) is 0 Å². The van der Waals surface area contributed by atoms with Crippen LogP contribution < -0.4 is 14.8 Å². The molecule has 1 heterocycles. The molecule has 1 aromatic carbocycles. The van der Waals surface area contributed by atoms with Crippen LogP contribution in [0.5, 0.6) is 11.5 Å². The molecule has 0 radical (unpaired) electrons. The van der Waals surface area contributed by atoms with Gasteiger partial charge in [-0.25, -0.2) is 0 Å². The molecule has 172 valence electrons. The standard InChI is InChI=1S/C20H31F3N4O2.HI/c1-24-19(25-9-5-4-8-20(21,22)23)27-12-10-26(11-13-27)15-16-14-17(28-2)6-7-18(16)29-3;/h6-7,14H,4-5,8-13,15H2,1-3H3,(H,24,25);1H. The molecule has 0 bridgehead atoms.